The van der Waals surface area contributed by atoms with Gasteiger partial charge in [0.1, 0.15) is 0 Å². The summed E-state index contributed by atoms with van der Waals surface area (Å²) in [7, 11) is 0. The first-order valence-corrected chi connectivity index (χ1v) is 6.02. The first kappa shape index (κ1) is 11.6. The second-order valence-electron chi connectivity index (χ2n) is 4.42. The van der Waals surface area contributed by atoms with E-state index in [1.54, 1.807) is 6.07 Å². The van der Waals surface area contributed by atoms with Crippen LogP contribution in [0.25, 0.3) is 0 Å². The van der Waals surface area contributed by atoms with Gasteiger partial charge in [-0.05, 0) is 36.9 Å². The summed E-state index contributed by atoms with van der Waals surface area (Å²) in [6.45, 7) is 4.99. The molecule has 0 aromatic carbocycles. The normalized spacial score (nSPS) is 25.8. The highest BCUT2D eigenvalue weighted by molar-refractivity contribution is 6.29. The van der Waals surface area contributed by atoms with Crippen LogP contribution >= 0.6 is 11.6 Å². The molecule has 88 valence electrons. The van der Waals surface area contributed by atoms with Gasteiger partial charge >= 0.3 is 0 Å². The summed E-state index contributed by atoms with van der Waals surface area (Å²) in [6.07, 6.45) is 1.16. The van der Waals surface area contributed by atoms with Crippen molar-refractivity contribution < 1.29 is 0 Å². The quantitative estimate of drug-likeness (QED) is 0.852. The molecule has 0 spiro atoms. The van der Waals surface area contributed by atoms with Crippen LogP contribution in [0.3, 0.4) is 0 Å². The third kappa shape index (κ3) is 2.44. The molecule has 1 saturated heterocycles. The molecular weight excluding hydrogens is 224 g/mol. The van der Waals surface area contributed by atoms with E-state index in [1.807, 2.05) is 6.07 Å². The van der Waals surface area contributed by atoms with Gasteiger partial charge in [0.05, 0.1) is 0 Å². The largest absolute Gasteiger partial charge is 0.355 e. The molecule has 0 aliphatic carbocycles. The minimum Gasteiger partial charge on any atom is -0.355 e. The van der Waals surface area contributed by atoms with E-state index in [1.165, 1.54) is 0 Å². The third-order valence-corrected chi connectivity index (χ3v) is 3.56. The van der Waals surface area contributed by atoms with Gasteiger partial charge in [0, 0.05) is 13.1 Å². The third-order valence-electron chi connectivity index (χ3n) is 3.36. The summed E-state index contributed by atoms with van der Waals surface area (Å²) >= 11 is 5.72. The van der Waals surface area contributed by atoms with Gasteiger partial charge in [-0.25, -0.2) is 0 Å². The van der Waals surface area contributed by atoms with E-state index in [4.69, 9.17) is 17.3 Å². The maximum atomic E-state index is 5.77. The molecule has 2 atom stereocenters. The molecule has 2 unspecified atom stereocenters. The molecule has 2 N–H and O–H groups in total. The van der Waals surface area contributed by atoms with Crippen molar-refractivity contribution >= 4 is 17.4 Å². The Kier molecular flexibility index (Phi) is 3.61. The first-order chi connectivity index (χ1) is 7.70. The molecule has 1 aromatic heterocycles. The minimum atomic E-state index is 0.435. The molecule has 0 saturated carbocycles. The molecule has 5 heteroatoms. The van der Waals surface area contributed by atoms with Gasteiger partial charge in [-0.2, -0.15) is 0 Å². The summed E-state index contributed by atoms with van der Waals surface area (Å²) in [6, 6.07) is 3.69. The Hall–Kier alpha value is -0.870. The van der Waals surface area contributed by atoms with Gasteiger partial charge in [0.25, 0.3) is 0 Å². The van der Waals surface area contributed by atoms with Crippen molar-refractivity contribution in [3.63, 3.8) is 0 Å². The van der Waals surface area contributed by atoms with E-state index in [-0.39, 0.29) is 0 Å². The number of hydrogen-bond acceptors (Lipinski definition) is 4. The van der Waals surface area contributed by atoms with Gasteiger partial charge in [0.2, 0.25) is 0 Å². The van der Waals surface area contributed by atoms with E-state index in [9.17, 15) is 0 Å². The van der Waals surface area contributed by atoms with Crippen molar-refractivity contribution in [2.75, 3.05) is 24.5 Å². The number of anilines is 1. The highest BCUT2D eigenvalue weighted by Gasteiger charge is 2.25. The average molecular weight is 241 g/mol. The SMILES string of the molecule is CC1CCN(c2ccc(Cl)nn2)CC1CN. The molecule has 2 rings (SSSR count). The maximum absolute atomic E-state index is 5.77. The summed E-state index contributed by atoms with van der Waals surface area (Å²) in [5.74, 6) is 2.14. The molecule has 0 radical (unpaired) electrons. The number of nitrogens with zero attached hydrogens (tertiary/aromatic N) is 3. The monoisotopic (exact) mass is 240 g/mol. The first-order valence-electron chi connectivity index (χ1n) is 5.65. The fourth-order valence-electron chi connectivity index (χ4n) is 2.14. The average Bonchev–Trinajstić information content (AvgIpc) is 2.31. The molecule has 0 bridgehead atoms. The van der Waals surface area contributed by atoms with Crippen molar-refractivity contribution in [2.45, 2.75) is 13.3 Å². The van der Waals surface area contributed by atoms with Crippen molar-refractivity contribution in [3.05, 3.63) is 17.3 Å². The number of hydrogen-bond donors (Lipinski definition) is 1. The van der Waals surface area contributed by atoms with E-state index in [0.717, 1.165) is 31.9 Å². The van der Waals surface area contributed by atoms with Gasteiger partial charge in [-0.3, -0.25) is 0 Å². The molecule has 1 fully saturated rings. The Labute approximate surface area is 101 Å². The zero-order valence-electron chi connectivity index (χ0n) is 9.43. The summed E-state index contributed by atoms with van der Waals surface area (Å²) < 4.78 is 0. The Morgan fingerprint density at radius 2 is 2.31 bits per heavy atom. The fourth-order valence-corrected chi connectivity index (χ4v) is 2.24. The van der Waals surface area contributed by atoms with Crippen LogP contribution in [0.2, 0.25) is 5.15 Å². The maximum Gasteiger partial charge on any atom is 0.151 e. The Morgan fingerprint density at radius 1 is 1.50 bits per heavy atom. The topological polar surface area (TPSA) is 55.0 Å². The predicted molar refractivity (Wildman–Crippen MR) is 65.6 cm³/mol. The summed E-state index contributed by atoms with van der Waals surface area (Å²) in [4.78, 5) is 2.24. The van der Waals surface area contributed by atoms with Crippen LogP contribution in [0.4, 0.5) is 5.82 Å². The van der Waals surface area contributed by atoms with Crippen molar-refractivity contribution in [2.24, 2.45) is 17.6 Å². The molecule has 1 aliphatic rings. The smallest absolute Gasteiger partial charge is 0.151 e. The summed E-state index contributed by atoms with van der Waals surface area (Å²) in [5.41, 5.74) is 5.77. The predicted octanol–water partition coefficient (Wildman–Crippen LogP) is 1.55. The van der Waals surface area contributed by atoms with Crippen LogP contribution < -0.4 is 10.6 Å². The van der Waals surface area contributed by atoms with E-state index >= 15 is 0 Å². The fraction of sp³-hybridized carbons (Fsp3) is 0.636. The van der Waals surface area contributed by atoms with Crippen molar-refractivity contribution in [1.29, 1.82) is 0 Å². The van der Waals surface area contributed by atoms with Gasteiger partial charge in [-0.1, -0.05) is 18.5 Å². The number of aromatic nitrogens is 2. The van der Waals surface area contributed by atoms with Crippen molar-refractivity contribution in [3.8, 4) is 0 Å². The van der Waals surface area contributed by atoms with Crippen LogP contribution in [-0.4, -0.2) is 29.8 Å². The standard InChI is InChI=1S/C11H17ClN4/c1-8-4-5-16(7-9(8)6-13)11-3-2-10(12)14-15-11/h2-3,8-9H,4-7,13H2,1H3. The van der Waals surface area contributed by atoms with Crippen LogP contribution in [-0.2, 0) is 0 Å². The molecule has 4 nitrogen and oxygen atoms in total. The van der Waals surface area contributed by atoms with E-state index < -0.39 is 0 Å². The molecule has 0 amide bonds. The minimum absolute atomic E-state index is 0.435. The highest BCUT2D eigenvalue weighted by atomic mass is 35.5. The van der Waals surface area contributed by atoms with E-state index in [0.29, 0.717) is 17.0 Å². The van der Waals surface area contributed by atoms with Crippen LogP contribution in [0.5, 0.6) is 0 Å². The number of piperidine rings is 1. The lowest BCUT2D eigenvalue weighted by atomic mass is 9.87. The zero-order chi connectivity index (χ0) is 11.5. The molecule has 1 aliphatic heterocycles. The zero-order valence-corrected chi connectivity index (χ0v) is 10.2. The van der Waals surface area contributed by atoms with Gasteiger partial charge in [-0.15, -0.1) is 10.2 Å². The summed E-state index contributed by atoms with van der Waals surface area (Å²) in [5, 5.41) is 8.40. The van der Waals surface area contributed by atoms with Gasteiger partial charge < -0.3 is 10.6 Å². The second-order valence-corrected chi connectivity index (χ2v) is 4.81. The lowest BCUT2D eigenvalue weighted by Gasteiger charge is -2.36. The molecule has 2 heterocycles. The lowest BCUT2D eigenvalue weighted by molar-refractivity contribution is 0.306. The Morgan fingerprint density at radius 3 is 2.94 bits per heavy atom. The van der Waals surface area contributed by atoms with Crippen LogP contribution in [0.15, 0.2) is 12.1 Å². The lowest BCUT2D eigenvalue weighted by Crippen LogP contribution is -2.43. The molecule has 1 aromatic rings. The number of halogens is 1. The highest BCUT2D eigenvalue weighted by Crippen LogP contribution is 2.25. The van der Waals surface area contributed by atoms with Crippen LogP contribution in [0.1, 0.15) is 13.3 Å². The Balaban J connectivity index is 2.08. The van der Waals surface area contributed by atoms with E-state index in [2.05, 4.69) is 22.0 Å². The second kappa shape index (κ2) is 4.97. The number of rotatable bonds is 2. The molecule has 16 heavy (non-hydrogen) atoms. The molecular formula is C11H17ClN4. The number of nitrogens with two attached hydrogens (primary N) is 1. The van der Waals surface area contributed by atoms with Crippen molar-refractivity contribution in [1.82, 2.24) is 10.2 Å². The Bertz CT molecular complexity index is 340. The van der Waals surface area contributed by atoms with Crippen LogP contribution in [0, 0.1) is 11.8 Å². The van der Waals surface area contributed by atoms with Gasteiger partial charge in [0.15, 0.2) is 11.0 Å².